The summed E-state index contributed by atoms with van der Waals surface area (Å²) in [5, 5.41) is 0. The standard InChI is InChI=1S/C9H16N4S/c1-4-13(5-2)8-7(10)9(14)12-6(3)11-8/h4-5,10H2,1-3H3,(H,11,12,14). The summed E-state index contributed by atoms with van der Waals surface area (Å²) in [6, 6.07) is 0. The molecule has 0 saturated heterocycles. The molecule has 0 aliphatic rings. The van der Waals surface area contributed by atoms with Crippen molar-refractivity contribution in [3.8, 4) is 0 Å². The lowest BCUT2D eigenvalue weighted by Gasteiger charge is -2.22. The van der Waals surface area contributed by atoms with E-state index in [1.165, 1.54) is 0 Å². The molecule has 0 unspecified atom stereocenters. The first-order chi connectivity index (χ1) is 6.60. The molecule has 0 atom stereocenters. The second kappa shape index (κ2) is 4.41. The number of H-pyrrole nitrogens is 1. The van der Waals surface area contributed by atoms with E-state index in [0.29, 0.717) is 10.3 Å². The second-order valence-corrected chi connectivity index (χ2v) is 3.45. The predicted octanol–water partition coefficient (Wildman–Crippen LogP) is 1.88. The summed E-state index contributed by atoms with van der Waals surface area (Å²) in [5.41, 5.74) is 6.43. The fraction of sp³-hybridized carbons (Fsp3) is 0.556. The van der Waals surface area contributed by atoms with Gasteiger partial charge in [-0.3, -0.25) is 0 Å². The average Bonchev–Trinajstić information content (AvgIpc) is 2.15. The summed E-state index contributed by atoms with van der Waals surface area (Å²) in [4.78, 5) is 9.36. The third-order valence-electron chi connectivity index (χ3n) is 2.13. The minimum absolute atomic E-state index is 0.475. The molecule has 1 aromatic rings. The zero-order valence-electron chi connectivity index (χ0n) is 8.79. The Hall–Kier alpha value is -1.10. The summed E-state index contributed by atoms with van der Waals surface area (Å²) in [5.74, 6) is 1.68. The van der Waals surface area contributed by atoms with Crippen molar-refractivity contribution in [2.75, 3.05) is 23.7 Å². The van der Waals surface area contributed by atoms with Gasteiger partial charge in [-0.25, -0.2) is 4.98 Å². The van der Waals surface area contributed by atoms with Crippen molar-refractivity contribution in [3.05, 3.63) is 10.5 Å². The van der Waals surface area contributed by atoms with Gasteiger partial charge in [-0.1, -0.05) is 12.2 Å². The highest BCUT2D eigenvalue weighted by molar-refractivity contribution is 7.71. The van der Waals surface area contributed by atoms with Crippen LogP contribution >= 0.6 is 12.2 Å². The molecule has 0 radical (unpaired) electrons. The van der Waals surface area contributed by atoms with Gasteiger partial charge in [-0.15, -0.1) is 0 Å². The van der Waals surface area contributed by atoms with E-state index < -0.39 is 0 Å². The van der Waals surface area contributed by atoms with E-state index >= 15 is 0 Å². The van der Waals surface area contributed by atoms with Crippen molar-refractivity contribution in [3.63, 3.8) is 0 Å². The van der Waals surface area contributed by atoms with Crippen molar-refractivity contribution in [2.24, 2.45) is 0 Å². The van der Waals surface area contributed by atoms with Crippen LogP contribution in [-0.4, -0.2) is 23.1 Å². The van der Waals surface area contributed by atoms with Crippen LogP contribution in [0.2, 0.25) is 0 Å². The van der Waals surface area contributed by atoms with E-state index in [9.17, 15) is 0 Å². The predicted molar refractivity (Wildman–Crippen MR) is 62.1 cm³/mol. The highest BCUT2D eigenvalue weighted by Gasteiger charge is 2.08. The van der Waals surface area contributed by atoms with Gasteiger partial charge in [0.25, 0.3) is 0 Å². The Morgan fingerprint density at radius 1 is 1.43 bits per heavy atom. The van der Waals surface area contributed by atoms with Crippen LogP contribution in [-0.2, 0) is 0 Å². The molecule has 0 aromatic carbocycles. The van der Waals surface area contributed by atoms with Crippen LogP contribution in [0.15, 0.2) is 0 Å². The number of aromatic nitrogens is 2. The largest absolute Gasteiger partial charge is 0.393 e. The quantitative estimate of drug-likeness (QED) is 0.751. The maximum atomic E-state index is 5.86. The van der Waals surface area contributed by atoms with Crippen LogP contribution in [0.25, 0.3) is 0 Å². The van der Waals surface area contributed by atoms with E-state index in [1.54, 1.807) is 0 Å². The van der Waals surface area contributed by atoms with Gasteiger partial charge in [-0.2, -0.15) is 0 Å². The molecule has 1 heterocycles. The fourth-order valence-corrected chi connectivity index (χ4v) is 1.60. The second-order valence-electron chi connectivity index (χ2n) is 3.06. The van der Waals surface area contributed by atoms with Crippen molar-refractivity contribution in [1.82, 2.24) is 9.97 Å². The number of anilines is 2. The number of nitrogens with one attached hydrogen (secondary N) is 1. The monoisotopic (exact) mass is 212 g/mol. The topological polar surface area (TPSA) is 57.9 Å². The Bertz CT molecular complexity index is 368. The molecule has 14 heavy (non-hydrogen) atoms. The molecule has 78 valence electrons. The van der Waals surface area contributed by atoms with Crippen LogP contribution in [0.1, 0.15) is 19.7 Å². The Balaban J connectivity index is 3.25. The van der Waals surface area contributed by atoms with E-state index in [-0.39, 0.29) is 0 Å². The Labute approximate surface area is 89.2 Å². The van der Waals surface area contributed by atoms with Crippen molar-refractivity contribution < 1.29 is 0 Å². The van der Waals surface area contributed by atoms with E-state index in [0.717, 1.165) is 24.7 Å². The Morgan fingerprint density at radius 3 is 2.50 bits per heavy atom. The van der Waals surface area contributed by atoms with Gasteiger partial charge in [0.2, 0.25) is 0 Å². The van der Waals surface area contributed by atoms with Crippen LogP contribution < -0.4 is 10.6 Å². The number of aromatic amines is 1. The minimum Gasteiger partial charge on any atom is -0.393 e. The molecule has 0 fully saturated rings. The zero-order chi connectivity index (χ0) is 10.7. The number of hydrogen-bond acceptors (Lipinski definition) is 4. The molecule has 0 amide bonds. The lowest BCUT2D eigenvalue weighted by molar-refractivity contribution is 0.835. The number of nitrogen functional groups attached to an aromatic ring is 1. The Morgan fingerprint density at radius 2 is 2.00 bits per heavy atom. The molecule has 0 aliphatic heterocycles. The molecule has 0 bridgehead atoms. The number of hydrogen-bond donors (Lipinski definition) is 2. The van der Waals surface area contributed by atoms with Gasteiger partial charge < -0.3 is 15.6 Å². The van der Waals surface area contributed by atoms with Crippen LogP contribution in [0, 0.1) is 11.6 Å². The number of rotatable bonds is 3. The summed E-state index contributed by atoms with van der Waals surface area (Å²) >= 11 is 5.06. The molecule has 1 rings (SSSR count). The average molecular weight is 212 g/mol. The summed E-state index contributed by atoms with van der Waals surface area (Å²) in [7, 11) is 0. The first-order valence-electron chi connectivity index (χ1n) is 4.71. The highest BCUT2D eigenvalue weighted by atomic mass is 32.1. The van der Waals surface area contributed by atoms with Crippen molar-refractivity contribution >= 4 is 23.7 Å². The smallest absolute Gasteiger partial charge is 0.154 e. The SMILES string of the molecule is CCN(CC)c1[nH]c(C)nc(=S)c1N. The van der Waals surface area contributed by atoms with Crippen LogP contribution in [0.4, 0.5) is 11.5 Å². The third kappa shape index (κ3) is 2.04. The van der Waals surface area contributed by atoms with Gasteiger partial charge in [0, 0.05) is 13.1 Å². The molecule has 5 heteroatoms. The summed E-state index contributed by atoms with van der Waals surface area (Å²) in [6.45, 7) is 7.83. The maximum absolute atomic E-state index is 5.86. The molecule has 0 aliphatic carbocycles. The molecule has 4 nitrogen and oxygen atoms in total. The normalized spacial score (nSPS) is 10.2. The molecule has 0 saturated carbocycles. The lowest BCUT2D eigenvalue weighted by Crippen LogP contribution is -2.24. The van der Waals surface area contributed by atoms with E-state index in [4.69, 9.17) is 18.0 Å². The highest BCUT2D eigenvalue weighted by Crippen LogP contribution is 2.20. The van der Waals surface area contributed by atoms with Crippen LogP contribution in [0.5, 0.6) is 0 Å². The lowest BCUT2D eigenvalue weighted by atomic mass is 10.4. The molecule has 1 aromatic heterocycles. The first kappa shape index (κ1) is 11.0. The number of nitrogens with zero attached hydrogens (tertiary/aromatic N) is 2. The zero-order valence-corrected chi connectivity index (χ0v) is 9.61. The number of nitrogens with two attached hydrogens (primary N) is 1. The van der Waals surface area contributed by atoms with Gasteiger partial charge in [0.1, 0.15) is 17.3 Å². The third-order valence-corrected chi connectivity index (χ3v) is 2.44. The minimum atomic E-state index is 0.475. The van der Waals surface area contributed by atoms with Crippen molar-refractivity contribution in [2.45, 2.75) is 20.8 Å². The Kier molecular flexibility index (Phi) is 3.46. The molecular weight excluding hydrogens is 196 g/mol. The number of aryl methyl sites for hydroxylation is 1. The first-order valence-corrected chi connectivity index (χ1v) is 5.12. The fourth-order valence-electron chi connectivity index (χ4n) is 1.37. The van der Waals surface area contributed by atoms with Gasteiger partial charge >= 0.3 is 0 Å². The maximum Gasteiger partial charge on any atom is 0.154 e. The summed E-state index contributed by atoms with van der Waals surface area (Å²) in [6.07, 6.45) is 0. The molecule has 3 N–H and O–H groups in total. The van der Waals surface area contributed by atoms with Gasteiger partial charge in [0.05, 0.1) is 0 Å². The van der Waals surface area contributed by atoms with Gasteiger partial charge in [-0.05, 0) is 20.8 Å². The van der Waals surface area contributed by atoms with Crippen LogP contribution in [0.3, 0.4) is 0 Å². The van der Waals surface area contributed by atoms with Crippen molar-refractivity contribution in [1.29, 1.82) is 0 Å². The van der Waals surface area contributed by atoms with Gasteiger partial charge in [0.15, 0.2) is 4.64 Å². The van der Waals surface area contributed by atoms with E-state index in [2.05, 4.69) is 28.7 Å². The summed E-state index contributed by atoms with van der Waals surface area (Å²) < 4.78 is 0.475. The van der Waals surface area contributed by atoms with E-state index in [1.807, 2.05) is 6.92 Å². The molecular formula is C9H16N4S. The molecule has 0 spiro atoms.